The number of aryl methyl sites for hydroxylation is 2. The van der Waals surface area contributed by atoms with E-state index in [9.17, 15) is 13.6 Å². The molecular weight excluding hydrogens is 423 g/mol. The average Bonchev–Trinajstić information content (AvgIpc) is 2.71. The number of carbonyl (C=O) groups excluding carboxylic acids is 1. The number of nitrogens with one attached hydrogen (secondary N) is 1. The predicted octanol–water partition coefficient (Wildman–Crippen LogP) is 3.55. The van der Waals surface area contributed by atoms with E-state index in [1.165, 1.54) is 31.3 Å². The quantitative estimate of drug-likeness (QED) is 0.750. The highest BCUT2D eigenvalue weighted by atomic mass is 19.3. The van der Waals surface area contributed by atoms with E-state index in [0.29, 0.717) is 24.0 Å². The third kappa shape index (κ3) is 3.34. The van der Waals surface area contributed by atoms with Crippen molar-refractivity contribution in [1.82, 2.24) is 4.98 Å². The van der Waals surface area contributed by atoms with Gasteiger partial charge in [0.25, 0.3) is 18.4 Å². The molecule has 4 rings (SSSR count). The maximum atomic E-state index is 15.2. The smallest absolute Gasteiger partial charge is 0.283 e. The number of aliphatic imine (C=N–C) groups is 1. The van der Waals surface area contributed by atoms with Crippen molar-refractivity contribution in [1.29, 1.82) is 5.26 Å². The van der Waals surface area contributed by atoms with Gasteiger partial charge in [-0.25, -0.2) is 23.1 Å². The minimum atomic E-state index is -3.04. The van der Waals surface area contributed by atoms with Crippen LogP contribution in [0.15, 0.2) is 29.4 Å². The average molecular weight is 443 g/mol. The van der Waals surface area contributed by atoms with Crippen LogP contribution in [0.1, 0.15) is 45.6 Å². The van der Waals surface area contributed by atoms with E-state index in [1.54, 1.807) is 6.92 Å². The van der Waals surface area contributed by atoms with Crippen LogP contribution in [-0.4, -0.2) is 29.4 Å². The molecule has 3 N–H and O–H groups in total. The van der Waals surface area contributed by atoms with Crippen LogP contribution in [0.2, 0.25) is 0 Å². The van der Waals surface area contributed by atoms with Gasteiger partial charge in [-0.3, -0.25) is 4.79 Å². The summed E-state index contributed by atoms with van der Waals surface area (Å²) in [6.07, 6.45) is -1.44. The summed E-state index contributed by atoms with van der Waals surface area (Å²) in [5, 5.41) is 11.5. The molecule has 1 aromatic carbocycles. The number of amidine groups is 1. The molecule has 2 aromatic rings. The summed E-state index contributed by atoms with van der Waals surface area (Å²) in [7, 11) is 0. The van der Waals surface area contributed by atoms with Crippen LogP contribution in [0.4, 0.5) is 18.9 Å². The van der Waals surface area contributed by atoms with Gasteiger partial charge in [-0.1, -0.05) is 0 Å². The van der Waals surface area contributed by atoms with Gasteiger partial charge in [0.2, 0.25) is 0 Å². The molecule has 10 heteroatoms. The lowest BCUT2D eigenvalue weighted by atomic mass is 9.65. The van der Waals surface area contributed by atoms with Crippen molar-refractivity contribution in [3.05, 3.63) is 58.2 Å². The summed E-state index contributed by atoms with van der Waals surface area (Å²) in [5.41, 5.74) is 4.12. The Kier molecular flexibility index (Phi) is 5.28. The normalized spacial score (nSPS) is 24.0. The lowest BCUT2D eigenvalue weighted by molar-refractivity contribution is -0.0949. The molecule has 2 heterocycles. The number of nitriles is 1. The van der Waals surface area contributed by atoms with Gasteiger partial charge in [-0.15, -0.1) is 0 Å². The minimum absolute atomic E-state index is 0.0588. The summed E-state index contributed by atoms with van der Waals surface area (Å²) in [6, 6.07) is 5.55. The second kappa shape index (κ2) is 7.82. The van der Waals surface area contributed by atoms with E-state index in [1.807, 2.05) is 6.07 Å². The monoisotopic (exact) mass is 443 g/mol. The Bertz CT molecular complexity index is 1180. The van der Waals surface area contributed by atoms with E-state index in [2.05, 4.69) is 15.3 Å². The molecule has 1 saturated carbocycles. The summed E-state index contributed by atoms with van der Waals surface area (Å²) < 4.78 is 49.5. The summed E-state index contributed by atoms with van der Waals surface area (Å²) >= 11 is 0. The topological polar surface area (TPSA) is 113 Å². The van der Waals surface area contributed by atoms with Crippen LogP contribution >= 0.6 is 0 Å². The molecule has 0 bridgehead atoms. The molecule has 0 spiro atoms. The number of fused-ring (bicyclic) bond motifs is 1. The van der Waals surface area contributed by atoms with E-state index in [-0.39, 0.29) is 22.5 Å². The van der Waals surface area contributed by atoms with E-state index < -0.39 is 41.7 Å². The highest BCUT2D eigenvalue weighted by Crippen LogP contribution is 2.53. The van der Waals surface area contributed by atoms with Crippen molar-refractivity contribution in [2.24, 2.45) is 16.6 Å². The molecule has 1 aromatic heterocycles. The first kappa shape index (κ1) is 21.6. The third-order valence-electron chi connectivity index (χ3n) is 6.04. The predicted molar refractivity (Wildman–Crippen MR) is 110 cm³/mol. The molecule has 0 radical (unpaired) electrons. The second-order valence-corrected chi connectivity index (χ2v) is 8.03. The number of ether oxygens (including phenoxy) is 1. The molecule has 0 saturated heterocycles. The maximum Gasteiger partial charge on any atom is 0.283 e. The number of benzene rings is 1. The summed E-state index contributed by atoms with van der Waals surface area (Å²) in [6.45, 7) is 3.04. The fourth-order valence-corrected chi connectivity index (χ4v) is 4.35. The zero-order chi connectivity index (χ0) is 23.2. The molecule has 32 heavy (non-hydrogen) atoms. The van der Waals surface area contributed by atoms with Crippen LogP contribution in [0.3, 0.4) is 0 Å². The molecule has 3 unspecified atom stereocenters. The number of rotatable bonds is 4. The fourth-order valence-electron chi connectivity index (χ4n) is 4.35. The van der Waals surface area contributed by atoms with Crippen molar-refractivity contribution in [3.8, 4) is 6.07 Å². The number of hydrogen-bond acceptors (Lipinski definition) is 6. The Hall–Kier alpha value is -3.61. The lowest BCUT2D eigenvalue weighted by Crippen LogP contribution is -2.57. The van der Waals surface area contributed by atoms with Gasteiger partial charge in [0.05, 0.1) is 5.56 Å². The van der Waals surface area contributed by atoms with Crippen molar-refractivity contribution >= 4 is 17.6 Å². The maximum absolute atomic E-state index is 15.2. The lowest BCUT2D eigenvalue weighted by Gasteiger charge is -2.50. The van der Waals surface area contributed by atoms with E-state index in [4.69, 9.17) is 15.7 Å². The van der Waals surface area contributed by atoms with Crippen LogP contribution < -0.4 is 11.1 Å². The SMILES string of the molecule is Cc1cc(C#N)cnc1C(=O)Nc1cc(C)c(F)c(C2(C(F)F)N=C(N)OC3CCC32)c1. The van der Waals surface area contributed by atoms with Gasteiger partial charge >= 0.3 is 0 Å². The zero-order valence-corrected chi connectivity index (χ0v) is 17.3. The molecule has 1 amide bonds. The Morgan fingerprint density at radius 1 is 1.31 bits per heavy atom. The number of nitrogens with two attached hydrogens (primary N) is 1. The molecule has 7 nitrogen and oxygen atoms in total. The van der Waals surface area contributed by atoms with Crippen LogP contribution in [0, 0.1) is 36.9 Å². The molecule has 1 aliphatic carbocycles. The molecule has 3 atom stereocenters. The number of carbonyl (C=O) groups is 1. The highest BCUT2D eigenvalue weighted by Gasteiger charge is 2.59. The Morgan fingerprint density at radius 2 is 2.06 bits per heavy atom. The van der Waals surface area contributed by atoms with E-state index in [0.717, 1.165) is 0 Å². The largest absolute Gasteiger partial charge is 0.462 e. The first-order valence-corrected chi connectivity index (χ1v) is 9.96. The number of halogens is 3. The summed E-state index contributed by atoms with van der Waals surface area (Å²) in [4.78, 5) is 20.6. The number of hydrogen-bond donors (Lipinski definition) is 2. The van der Waals surface area contributed by atoms with Crippen molar-refractivity contribution in [3.63, 3.8) is 0 Å². The molecular formula is C22H20F3N5O2. The van der Waals surface area contributed by atoms with Crippen LogP contribution in [0.5, 0.6) is 0 Å². The number of aromatic nitrogens is 1. The van der Waals surface area contributed by atoms with Gasteiger partial charge in [0, 0.05) is 23.4 Å². The molecule has 2 aliphatic rings. The number of nitrogens with zero attached hydrogens (tertiary/aromatic N) is 3. The molecule has 1 fully saturated rings. The van der Waals surface area contributed by atoms with Crippen molar-refractivity contribution in [2.75, 3.05) is 5.32 Å². The Labute approximate surface area is 182 Å². The van der Waals surface area contributed by atoms with Gasteiger partial charge in [0.15, 0.2) is 5.54 Å². The fraction of sp³-hybridized carbons (Fsp3) is 0.364. The van der Waals surface area contributed by atoms with Gasteiger partial charge in [-0.2, -0.15) is 5.26 Å². The van der Waals surface area contributed by atoms with Gasteiger partial charge in [-0.05, 0) is 56.0 Å². The standard InChI is InChI=1S/C22H20F3N5O2/c1-10-6-13(29-19(31)18-11(2)5-12(8-26)9-28-18)7-15(17(10)23)22(20(24)25)14-3-4-16(14)32-21(27)30-22/h5-7,9,14,16,20H,3-4H2,1-2H3,(H2,27,30)(H,29,31). The third-order valence-corrected chi connectivity index (χ3v) is 6.04. The number of anilines is 1. The summed E-state index contributed by atoms with van der Waals surface area (Å²) in [5.74, 6) is -2.19. The molecule has 1 aliphatic heterocycles. The minimum Gasteiger partial charge on any atom is -0.462 e. The van der Waals surface area contributed by atoms with Gasteiger partial charge in [0.1, 0.15) is 23.7 Å². The van der Waals surface area contributed by atoms with Crippen LogP contribution in [0.25, 0.3) is 0 Å². The number of pyridine rings is 1. The Balaban J connectivity index is 1.76. The number of amides is 1. The number of alkyl halides is 2. The second-order valence-electron chi connectivity index (χ2n) is 8.03. The highest BCUT2D eigenvalue weighted by molar-refractivity contribution is 6.04. The first-order valence-electron chi connectivity index (χ1n) is 9.96. The molecule has 166 valence electrons. The van der Waals surface area contributed by atoms with Crippen molar-refractivity contribution in [2.45, 2.75) is 44.8 Å². The Morgan fingerprint density at radius 3 is 2.66 bits per heavy atom. The zero-order valence-electron chi connectivity index (χ0n) is 17.3. The van der Waals surface area contributed by atoms with Crippen LogP contribution in [-0.2, 0) is 10.3 Å². The van der Waals surface area contributed by atoms with Gasteiger partial charge < -0.3 is 15.8 Å². The van der Waals surface area contributed by atoms with Crippen molar-refractivity contribution < 1.29 is 22.7 Å². The van der Waals surface area contributed by atoms with E-state index >= 15 is 4.39 Å². The first-order chi connectivity index (χ1) is 15.2.